The van der Waals surface area contributed by atoms with Crippen molar-refractivity contribution in [2.45, 2.75) is 26.7 Å². The number of hydrogen-bond donors (Lipinski definition) is 1. The lowest BCUT2D eigenvalue weighted by Gasteiger charge is -2.11. The summed E-state index contributed by atoms with van der Waals surface area (Å²) in [6.07, 6.45) is 2.26. The standard InChI is InChI=1S/C16H24N2/c1-12(2)11-16-14(9-10-18(3)4)13-7-5-6-8-15(13)17-16/h5-8,12,17H,9-11H2,1-4H3. The molecule has 1 aromatic heterocycles. The lowest BCUT2D eigenvalue weighted by molar-refractivity contribution is 0.413. The minimum Gasteiger partial charge on any atom is -0.358 e. The van der Waals surface area contributed by atoms with Gasteiger partial charge >= 0.3 is 0 Å². The Balaban J connectivity index is 2.37. The second kappa shape index (κ2) is 5.57. The lowest BCUT2D eigenvalue weighted by atomic mass is 10.0. The smallest absolute Gasteiger partial charge is 0.0458 e. The highest BCUT2D eigenvalue weighted by atomic mass is 15.0. The van der Waals surface area contributed by atoms with E-state index in [2.05, 4.69) is 62.1 Å². The van der Waals surface area contributed by atoms with Gasteiger partial charge in [-0.15, -0.1) is 0 Å². The summed E-state index contributed by atoms with van der Waals surface area (Å²) in [5.41, 5.74) is 4.21. The summed E-state index contributed by atoms with van der Waals surface area (Å²) in [6.45, 7) is 5.66. The van der Waals surface area contributed by atoms with Gasteiger partial charge in [0.15, 0.2) is 0 Å². The Morgan fingerprint density at radius 3 is 2.56 bits per heavy atom. The molecule has 98 valence electrons. The molecule has 0 aliphatic carbocycles. The molecule has 0 spiro atoms. The molecule has 0 bridgehead atoms. The molecule has 0 fully saturated rings. The van der Waals surface area contributed by atoms with Crippen molar-refractivity contribution in [2.75, 3.05) is 20.6 Å². The van der Waals surface area contributed by atoms with Crippen LogP contribution in [0.5, 0.6) is 0 Å². The van der Waals surface area contributed by atoms with Gasteiger partial charge in [0.25, 0.3) is 0 Å². The van der Waals surface area contributed by atoms with Gasteiger partial charge in [0.2, 0.25) is 0 Å². The topological polar surface area (TPSA) is 19.0 Å². The quantitative estimate of drug-likeness (QED) is 0.853. The molecule has 0 unspecified atom stereocenters. The van der Waals surface area contributed by atoms with Gasteiger partial charge < -0.3 is 9.88 Å². The normalized spacial score (nSPS) is 11.9. The summed E-state index contributed by atoms with van der Waals surface area (Å²) >= 11 is 0. The van der Waals surface area contributed by atoms with Gasteiger partial charge in [-0.25, -0.2) is 0 Å². The molecule has 0 saturated heterocycles. The van der Waals surface area contributed by atoms with Crippen molar-refractivity contribution in [2.24, 2.45) is 5.92 Å². The van der Waals surface area contributed by atoms with Crippen molar-refractivity contribution in [3.8, 4) is 0 Å². The summed E-state index contributed by atoms with van der Waals surface area (Å²) in [4.78, 5) is 5.85. The molecule has 18 heavy (non-hydrogen) atoms. The average molecular weight is 244 g/mol. The van der Waals surface area contributed by atoms with Crippen LogP contribution < -0.4 is 0 Å². The monoisotopic (exact) mass is 244 g/mol. The Morgan fingerprint density at radius 1 is 1.17 bits per heavy atom. The van der Waals surface area contributed by atoms with Crippen LogP contribution in [0.25, 0.3) is 10.9 Å². The molecular formula is C16H24N2. The Labute approximate surface area is 110 Å². The number of nitrogens with one attached hydrogen (secondary N) is 1. The van der Waals surface area contributed by atoms with E-state index >= 15 is 0 Å². The van der Waals surface area contributed by atoms with E-state index in [-0.39, 0.29) is 0 Å². The summed E-state index contributed by atoms with van der Waals surface area (Å²) in [5.74, 6) is 0.691. The zero-order valence-electron chi connectivity index (χ0n) is 12.0. The first-order valence-electron chi connectivity index (χ1n) is 6.81. The van der Waals surface area contributed by atoms with Crippen molar-refractivity contribution in [3.05, 3.63) is 35.5 Å². The van der Waals surface area contributed by atoms with Gasteiger partial charge in [0.05, 0.1) is 0 Å². The number of H-pyrrole nitrogens is 1. The fourth-order valence-corrected chi connectivity index (χ4v) is 2.46. The number of nitrogens with zero attached hydrogens (tertiary/aromatic N) is 1. The average Bonchev–Trinajstić information content (AvgIpc) is 2.62. The number of aromatic nitrogens is 1. The molecule has 0 atom stereocenters. The third-order valence-corrected chi connectivity index (χ3v) is 3.32. The van der Waals surface area contributed by atoms with Crippen molar-refractivity contribution < 1.29 is 0 Å². The molecule has 1 aromatic carbocycles. The van der Waals surface area contributed by atoms with E-state index in [1.807, 2.05) is 0 Å². The minimum atomic E-state index is 0.691. The maximum atomic E-state index is 3.60. The highest BCUT2D eigenvalue weighted by Crippen LogP contribution is 2.24. The number of para-hydroxylation sites is 1. The molecule has 2 heteroatoms. The number of fused-ring (bicyclic) bond motifs is 1. The van der Waals surface area contributed by atoms with E-state index in [4.69, 9.17) is 0 Å². The van der Waals surface area contributed by atoms with Gasteiger partial charge in [-0.2, -0.15) is 0 Å². The highest BCUT2D eigenvalue weighted by molar-refractivity contribution is 5.84. The first kappa shape index (κ1) is 13.2. The van der Waals surface area contributed by atoms with Crippen LogP contribution in [0, 0.1) is 5.92 Å². The summed E-state index contributed by atoms with van der Waals surface area (Å²) in [7, 11) is 4.27. The first-order chi connectivity index (χ1) is 8.58. The lowest BCUT2D eigenvalue weighted by Crippen LogP contribution is -2.15. The van der Waals surface area contributed by atoms with Crippen molar-refractivity contribution in [3.63, 3.8) is 0 Å². The van der Waals surface area contributed by atoms with Gasteiger partial charge in [-0.05, 0) is 44.5 Å². The zero-order valence-corrected chi connectivity index (χ0v) is 12.0. The fraction of sp³-hybridized carbons (Fsp3) is 0.500. The van der Waals surface area contributed by atoms with Crippen molar-refractivity contribution >= 4 is 10.9 Å². The fourth-order valence-electron chi connectivity index (χ4n) is 2.46. The molecule has 0 amide bonds. The van der Waals surface area contributed by atoms with E-state index < -0.39 is 0 Å². The van der Waals surface area contributed by atoms with E-state index in [0.29, 0.717) is 5.92 Å². The summed E-state index contributed by atoms with van der Waals surface area (Å²) in [6, 6.07) is 8.65. The molecule has 2 aromatic rings. The Bertz CT molecular complexity index is 509. The summed E-state index contributed by atoms with van der Waals surface area (Å²) in [5, 5.41) is 1.40. The molecular weight excluding hydrogens is 220 g/mol. The summed E-state index contributed by atoms with van der Waals surface area (Å²) < 4.78 is 0. The number of likely N-dealkylation sites (N-methyl/N-ethyl adjacent to an activating group) is 1. The number of hydrogen-bond acceptors (Lipinski definition) is 1. The Morgan fingerprint density at radius 2 is 1.89 bits per heavy atom. The SMILES string of the molecule is CC(C)Cc1[nH]c2ccccc2c1CCN(C)C. The molecule has 1 N–H and O–H groups in total. The molecule has 0 radical (unpaired) electrons. The molecule has 1 heterocycles. The van der Waals surface area contributed by atoms with Crippen LogP contribution in [-0.2, 0) is 12.8 Å². The maximum absolute atomic E-state index is 3.60. The van der Waals surface area contributed by atoms with E-state index in [1.165, 1.54) is 22.2 Å². The highest BCUT2D eigenvalue weighted by Gasteiger charge is 2.12. The van der Waals surface area contributed by atoms with Gasteiger partial charge in [-0.3, -0.25) is 0 Å². The maximum Gasteiger partial charge on any atom is 0.0458 e. The van der Waals surface area contributed by atoms with Crippen LogP contribution in [-0.4, -0.2) is 30.5 Å². The third-order valence-electron chi connectivity index (χ3n) is 3.32. The van der Waals surface area contributed by atoms with Crippen LogP contribution >= 0.6 is 0 Å². The third kappa shape index (κ3) is 2.94. The van der Waals surface area contributed by atoms with Crippen molar-refractivity contribution in [1.82, 2.24) is 9.88 Å². The number of rotatable bonds is 5. The minimum absolute atomic E-state index is 0.691. The van der Waals surface area contributed by atoms with E-state index in [1.54, 1.807) is 0 Å². The van der Waals surface area contributed by atoms with Crippen LogP contribution in [0.4, 0.5) is 0 Å². The molecule has 0 saturated carbocycles. The number of aromatic amines is 1. The predicted octanol–water partition coefficient (Wildman–Crippen LogP) is 3.47. The van der Waals surface area contributed by atoms with Crippen LogP contribution in [0.1, 0.15) is 25.1 Å². The first-order valence-corrected chi connectivity index (χ1v) is 6.81. The van der Waals surface area contributed by atoms with Crippen molar-refractivity contribution in [1.29, 1.82) is 0 Å². The largest absolute Gasteiger partial charge is 0.358 e. The van der Waals surface area contributed by atoms with Crippen LogP contribution in [0.3, 0.4) is 0 Å². The number of benzene rings is 1. The molecule has 2 rings (SSSR count). The Hall–Kier alpha value is -1.28. The molecule has 0 aliphatic heterocycles. The van der Waals surface area contributed by atoms with E-state index in [9.17, 15) is 0 Å². The molecule has 2 nitrogen and oxygen atoms in total. The molecule has 0 aliphatic rings. The van der Waals surface area contributed by atoms with Gasteiger partial charge in [0, 0.05) is 23.1 Å². The Kier molecular flexibility index (Phi) is 4.07. The zero-order chi connectivity index (χ0) is 13.1. The van der Waals surface area contributed by atoms with Crippen LogP contribution in [0.15, 0.2) is 24.3 Å². The van der Waals surface area contributed by atoms with Gasteiger partial charge in [-0.1, -0.05) is 32.0 Å². The second-order valence-electron chi connectivity index (χ2n) is 5.78. The predicted molar refractivity (Wildman–Crippen MR) is 79.1 cm³/mol. The van der Waals surface area contributed by atoms with E-state index in [0.717, 1.165) is 19.4 Å². The second-order valence-corrected chi connectivity index (χ2v) is 5.78. The van der Waals surface area contributed by atoms with Gasteiger partial charge in [0.1, 0.15) is 0 Å². The van der Waals surface area contributed by atoms with Crippen LogP contribution in [0.2, 0.25) is 0 Å².